The second-order valence-corrected chi connectivity index (χ2v) is 6.41. The molecule has 0 unspecified atom stereocenters. The fourth-order valence-electron chi connectivity index (χ4n) is 3.34. The highest BCUT2D eigenvalue weighted by Crippen LogP contribution is 2.34. The standard InChI is InChI=1S/C18H19F3N2O/c1-10-6-7-13-14(9-11(2)22-16(13)12(10)3)17(24)23-8-4-5-15(23)18(19,20)21/h6-7,9,15H,4-5,8H2,1-3H3/t15-/m0/s1. The van der Waals surface area contributed by atoms with Crippen molar-refractivity contribution in [3.05, 3.63) is 40.6 Å². The maximum Gasteiger partial charge on any atom is 0.408 e. The number of carbonyl (C=O) groups is 1. The zero-order valence-corrected chi connectivity index (χ0v) is 13.9. The molecule has 1 aliphatic rings. The Labute approximate surface area is 138 Å². The van der Waals surface area contributed by atoms with Crippen LogP contribution < -0.4 is 0 Å². The molecule has 1 aromatic carbocycles. The number of aryl methyl sites for hydroxylation is 3. The number of hydrogen-bond donors (Lipinski definition) is 0. The van der Waals surface area contributed by atoms with E-state index >= 15 is 0 Å². The van der Waals surface area contributed by atoms with E-state index in [2.05, 4.69) is 4.98 Å². The summed E-state index contributed by atoms with van der Waals surface area (Å²) in [4.78, 5) is 18.3. The number of likely N-dealkylation sites (tertiary alicyclic amines) is 1. The average Bonchev–Trinajstić information content (AvgIpc) is 3.00. The third-order valence-electron chi connectivity index (χ3n) is 4.76. The first-order valence-corrected chi connectivity index (χ1v) is 7.95. The predicted molar refractivity (Wildman–Crippen MR) is 86.1 cm³/mol. The largest absolute Gasteiger partial charge is 0.408 e. The number of alkyl halides is 3. The summed E-state index contributed by atoms with van der Waals surface area (Å²) in [6.07, 6.45) is -4.05. The number of amides is 1. The van der Waals surface area contributed by atoms with Gasteiger partial charge < -0.3 is 4.90 Å². The molecule has 128 valence electrons. The van der Waals surface area contributed by atoms with Gasteiger partial charge in [0.15, 0.2) is 0 Å². The molecule has 0 N–H and O–H groups in total. The van der Waals surface area contributed by atoms with E-state index in [0.717, 1.165) is 16.0 Å². The minimum Gasteiger partial charge on any atom is -0.327 e. The van der Waals surface area contributed by atoms with Crippen molar-refractivity contribution in [1.29, 1.82) is 0 Å². The van der Waals surface area contributed by atoms with Crippen LogP contribution >= 0.6 is 0 Å². The van der Waals surface area contributed by atoms with E-state index in [4.69, 9.17) is 0 Å². The first-order chi connectivity index (χ1) is 11.2. The van der Waals surface area contributed by atoms with E-state index in [0.29, 0.717) is 28.6 Å². The minimum atomic E-state index is -4.39. The van der Waals surface area contributed by atoms with Gasteiger partial charge in [-0.1, -0.05) is 12.1 Å². The minimum absolute atomic E-state index is 0.0324. The third-order valence-corrected chi connectivity index (χ3v) is 4.76. The van der Waals surface area contributed by atoms with E-state index in [9.17, 15) is 18.0 Å². The summed E-state index contributed by atoms with van der Waals surface area (Å²) in [7, 11) is 0. The summed E-state index contributed by atoms with van der Waals surface area (Å²) in [5.41, 5.74) is 3.59. The van der Waals surface area contributed by atoms with Gasteiger partial charge in [-0.05, 0) is 50.8 Å². The van der Waals surface area contributed by atoms with Crippen molar-refractivity contribution >= 4 is 16.8 Å². The number of hydrogen-bond acceptors (Lipinski definition) is 2. The SMILES string of the molecule is Cc1cc(C(=O)N2CCC[C@H]2C(F)(F)F)c2ccc(C)c(C)c2n1. The quantitative estimate of drug-likeness (QED) is 0.777. The highest BCUT2D eigenvalue weighted by molar-refractivity contribution is 6.07. The van der Waals surface area contributed by atoms with Crippen molar-refractivity contribution in [2.24, 2.45) is 0 Å². The number of pyridine rings is 1. The number of carbonyl (C=O) groups excluding carboxylic acids is 1. The van der Waals surface area contributed by atoms with Gasteiger partial charge in [-0.2, -0.15) is 13.2 Å². The molecule has 2 heterocycles. The molecule has 24 heavy (non-hydrogen) atoms. The first kappa shape index (κ1) is 16.7. The number of halogens is 3. The van der Waals surface area contributed by atoms with Gasteiger partial charge >= 0.3 is 6.18 Å². The van der Waals surface area contributed by atoms with Crippen LogP contribution in [0.4, 0.5) is 13.2 Å². The van der Waals surface area contributed by atoms with Crippen LogP contribution in [0.15, 0.2) is 18.2 Å². The Morgan fingerprint density at radius 3 is 2.62 bits per heavy atom. The first-order valence-electron chi connectivity index (χ1n) is 7.95. The van der Waals surface area contributed by atoms with Crippen molar-refractivity contribution < 1.29 is 18.0 Å². The van der Waals surface area contributed by atoms with Gasteiger partial charge in [-0.3, -0.25) is 9.78 Å². The van der Waals surface area contributed by atoms with Crippen LogP contribution in [0.2, 0.25) is 0 Å². The van der Waals surface area contributed by atoms with E-state index in [1.54, 1.807) is 19.1 Å². The molecule has 0 spiro atoms. The second kappa shape index (κ2) is 5.76. The van der Waals surface area contributed by atoms with Crippen molar-refractivity contribution in [1.82, 2.24) is 9.88 Å². The van der Waals surface area contributed by atoms with Crippen LogP contribution in [0.1, 0.15) is 40.0 Å². The highest BCUT2D eigenvalue weighted by atomic mass is 19.4. The van der Waals surface area contributed by atoms with Gasteiger partial charge in [0.25, 0.3) is 5.91 Å². The summed E-state index contributed by atoms with van der Waals surface area (Å²) < 4.78 is 39.6. The molecular formula is C18H19F3N2O. The van der Waals surface area contributed by atoms with Crippen molar-refractivity contribution in [3.8, 4) is 0 Å². The summed E-state index contributed by atoms with van der Waals surface area (Å²) >= 11 is 0. The predicted octanol–water partition coefficient (Wildman–Crippen LogP) is 4.33. The fraction of sp³-hybridized carbons (Fsp3) is 0.444. The molecule has 3 rings (SSSR count). The summed E-state index contributed by atoms with van der Waals surface area (Å²) in [6.45, 7) is 5.74. The number of fused-ring (bicyclic) bond motifs is 1. The zero-order chi connectivity index (χ0) is 17.6. The van der Waals surface area contributed by atoms with E-state index in [1.165, 1.54) is 0 Å². The highest BCUT2D eigenvalue weighted by Gasteiger charge is 2.48. The Kier molecular flexibility index (Phi) is 4.01. The van der Waals surface area contributed by atoms with E-state index < -0.39 is 18.1 Å². The monoisotopic (exact) mass is 336 g/mol. The summed E-state index contributed by atoms with van der Waals surface area (Å²) in [5, 5.41) is 0.613. The van der Waals surface area contributed by atoms with Crippen molar-refractivity contribution in [3.63, 3.8) is 0 Å². The van der Waals surface area contributed by atoms with Crippen LogP contribution in [0.25, 0.3) is 10.9 Å². The molecule has 1 fully saturated rings. The Bertz CT molecular complexity index is 814. The molecule has 0 bridgehead atoms. The lowest BCUT2D eigenvalue weighted by atomic mass is 10.00. The molecule has 0 aliphatic carbocycles. The van der Waals surface area contributed by atoms with Gasteiger partial charge in [-0.25, -0.2) is 0 Å². The maximum atomic E-state index is 13.2. The molecule has 1 saturated heterocycles. The van der Waals surface area contributed by atoms with Gasteiger partial charge in [0.2, 0.25) is 0 Å². The molecule has 0 radical (unpaired) electrons. The van der Waals surface area contributed by atoms with Gasteiger partial charge in [0.05, 0.1) is 11.1 Å². The summed E-state index contributed by atoms with van der Waals surface area (Å²) in [5.74, 6) is -0.562. The van der Waals surface area contributed by atoms with Crippen LogP contribution in [0, 0.1) is 20.8 Å². The van der Waals surface area contributed by atoms with E-state index in [-0.39, 0.29) is 13.0 Å². The Morgan fingerprint density at radius 1 is 1.25 bits per heavy atom. The zero-order valence-electron chi connectivity index (χ0n) is 13.9. The Balaban J connectivity index is 2.12. The van der Waals surface area contributed by atoms with Crippen LogP contribution in [-0.4, -0.2) is 34.6 Å². The lowest BCUT2D eigenvalue weighted by Gasteiger charge is -2.27. The molecule has 1 aromatic heterocycles. The average molecular weight is 336 g/mol. The van der Waals surface area contributed by atoms with Gasteiger partial charge in [-0.15, -0.1) is 0 Å². The summed E-state index contributed by atoms with van der Waals surface area (Å²) in [6, 6.07) is 3.54. The van der Waals surface area contributed by atoms with Gasteiger partial charge in [0, 0.05) is 17.6 Å². The molecule has 1 atom stereocenters. The molecule has 6 heteroatoms. The molecule has 1 amide bonds. The Hall–Kier alpha value is -2.11. The number of benzene rings is 1. The van der Waals surface area contributed by atoms with Crippen LogP contribution in [0.3, 0.4) is 0 Å². The molecule has 2 aromatic rings. The normalized spacial score (nSPS) is 18.4. The molecule has 3 nitrogen and oxygen atoms in total. The van der Waals surface area contributed by atoms with Crippen molar-refractivity contribution in [2.75, 3.05) is 6.54 Å². The fourth-order valence-corrected chi connectivity index (χ4v) is 3.34. The molecule has 1 aliphatic heterocycles. The topological polar surface area (TPSA) is 33.2 Å². The van der Waals surface area contributed by atoms with Crippen LogP contribution in [0.5, 0.6) is 0 Å². The van der Waals surface area contributed by atoms with Crippen molar-refractivity contribution in [2.45, 2.75) is 45.8 Å². The Morgan fingerprint density at radius 2 is 1.96 bits per heavy atom. The lowest BCUT2D eigenvalue weighted by molar-refractivity contribution is -0.169. The van der Waals surface area contributed by atoms with E-state index in [1.807, 2.05) is 19.9 Å². The van der Waals surface area contributed by atoms with Gasteiger partial charge in [0.1, 0.15) is 6.04 Å². The number of nitrogens with zero attached hydrogens (tertiary/aromatic N) is 2. The number of rotatable bonds is 1. The maximum absolute atomic E-state index is 13.2. The van der Waals surface area contributed by atoms with Crippen LogP contribution in [-0.2, 0) is 0 Å². The second-order valence-electron chi connectivity index (χ2n) is 6.41. The third kappa shape index (κ3) is 2.74. The lowest BCUT2D eigenvalue weighted by Crippen LogP contribution is -2.44. The number of aromatic nitrogens is 1. The molecular weight excluding hydrogens is 317 g/mol. The smallest absolute Gasteiger partial charge is 0.327 e. The molecule has 0 saturated carbocycles.